The van der Waals surface area contributed by atoms with Gasteiger partial charge in [0.05, 0.1) is 17.1 Å². The Balaban J connectivity index is 1.26. The smallest absolute Gasteiger partial charge is 0.450 e. The minimum Gasteiger partial charge on any atom is -0.491 e. The number of benzene rings is 1. The summed E-state index contributed by atoms with van der Waals surface area (Å²) >= 11 is 0. The second-order valence-corrected chi connectivity index (χ2v) is 13.7. The predicted molar refractivity (Wildman–Crippen MR) is 136 cm³/mol. The molecule has 1 aromatic heterocycles. The molecule has 1 aromatic carbocycles. The van der Waals surface area contributed by atoms with Crippen LogP contribution < -0.4 is 14.8 Å². The standard InChI is InChI=1S/C24H32F3N3O8S2/c1-16-10-21(22(38-16)24(25,26)27)40(34,35)30-8-6-23(7-9-30)12-17(14-37-23)29-13-18(31)15-36-19-4-3-5-20(11-19)39(32,33)28-2/h3-5,10-11,17-18,28-29,31H,6-9,12-15H2,1-2H3. The Hall–Kier alpha value is -2.21. The van der Waals surface area contributed by atoms with E-state index in [4.69, 9.17) is 9.47 Å². The predicted octanol–water partition coefficient (Wildman–Crippen LogP) is 1.86. The van der Waals surface area contributed by atoms with Gasteiger partial charge < -0.3 is 24.3 Å². The summed E-state index contributed by atoms with van der Waals surface area (Å²) in [6.07, 6.45) is -4.69. The zero-order valence-electron chi connectivity index (χ0n) is 21.9. The zero-order valence-corrected chi connectivity index (χ0v) is 23.5. The fourth-order valence-electron chi connectivity index (χ4n) is 4.88. The van der Waals surface area contributed by atoms with Gasteiger partial charge in [0.15, 0.2) is 0 Å². The first-order chi connectivity index (χ1) is 18.6. The molecule has 1 spiro atoms. The van der Waals surface area contributed by atoms with E-state index >= 15 is 0 Å². The third-order valence-corrected chi connectivity index (χ3v) is 10.3. The van der Waals surface area contributed by atoms with Crippen molar-refractivity contribution < 1.29 is 49.0 Å². The number of aliphatic hydroxyl groups excluding tert-OH is 1. The summed E-state index contributed by atoms with van der Waals surface area (Å²) in [5, 5.41) is 13.5. The molecule has 40 heavy (non-hydrogen) atoms. The Bertz CT molecular complexity index is 1400. The molecule has 0 aliphatic carbocycles. The molecule has 2 fully saturated rings. The summed E-state index contributed by atoms with van der Waals surface area (Å²) < 4.78 is 109. The van der Waals surface area contributed by atoms with Gasteiger partial charge in [-0.15, -0.1) is 0 Å². The number of ether oxygens (including phenoxy) is 2. The van der Waals surface area contributed by atoms with E-state index in [1.165, 1.54) is 32.2 Å². The summed E-state index contributed by atoms with van der Waals surface area (Å²) in [4.78, 5) is -0.847. The number of alkyl halides is 3. The van der Waals surface area contributed by atoms with Gasteiger partial charge in [0.25, 0.3) is 0 Å². The average molecular weight is 612 g/mol. The van der Waals surface area contributed by atoms with E-state index in [2.05, 4.69) is 14.5 Å². The van der Waals surface area contributed by atoms with Crippen LogP contribution in [0.1, 0.15) is 30.8 Å². The molecule has 11 nitrogen and oxygen atoms in total. The third-order valence-electron chi connectivity index (χ3n) is 7.01. The van der Waals surface area contributed by atoms with Crippen molar-refractivity contribution in [3.63, 3.8) is 0 Å². The van der Waals surface area contributed by atoms with E-state index in [1.54, 1.807) is 6.07 Å². The number of aliphatic hydroxyl groups is 1. The lowest BCUT2D eigenvalue weighted by Crippen LogP contribution is -2.47. The highest BCUT2D eigenvalue weighted by Crippen LogP contribution is 2.40. The van der Waals surface area contributed by atoms with Crippen molar-refractivity contribution >= 4 is 20.0 Å². The second kappa shape index (κ2) is 11.6. The number of nitrogens with one attached hydrogen (secondary N) is 2. The Labute approximate surface area is 230 Å². The summed E-state index contributed by atoms with van der Waals surface area (Å²) in [6, 6.07) is 6.64. The van der Waals surface area contributed by atoms with Gasteiger partial charge in [-0.05, 0) is 45.4 Å². The van der Waals surface area contributed by atoms with Gasteiger partial charge in [-0.3, -0.25) is 0 Å². The lowest BCUT2D eigenvalue weighted by molar-refractivity contribution is -0.156. The quantitative estimate of drug-likeness (QED) is 0.366. The molecule has 2 aliphatic rings. The van der Waals surface area contributed by atoms with Gasteiger partial charge in [-0.2, -0.15) is 17.5 Å². The number of halogens is 3. The maximum Gasteiger partial charge on any atom is 0.450 e. The molecule has 0 bridgehead atoms. The Morgan fingerprint density at radius 2 is 1.90 bits per heavy atom. The normalized spacial score (nSPS) is 21.1. The number of piperidine rings is 1. The van der Waals surface area contributed by atoms with Crippen LogP contribution in [0.5, 0.6) is 5.75 Å². The average Bonchev–Trinajstić information content (AvgIpc) is 3.50. The van der Waals surface area contributed by atoms with Crippen LogP contribution in [0.3, 0.4) is 0 Å². The van der Waals surface area contributed by atoms with Crippen molar-refractivity contribution in [1.29, 1.82) is 0 Å². The van der Waals surface area contributed by atoms with Crippen molar-refractivity contribution in [3.05, 3.63) is 41.9 Å². The molecular formula is C24H32F3N3O8S2. The monoisotopic (exact) mass is 611 g/mol. The fraction of sp³-hybridized carbons (Fsp3) is 0.583. The lowest BCUT2D eigenvalue weighted by atomic mass is 9.88. The van der Waals surface area contributed by atoms with Gasteiger partial charge in [0.2, 0.25) is 25.8 Å². The van der Waals surface area contributed by atoms with Crippen molar-refractivity contribution in [3.8, 4) is 5.75 Å². The van der Waals surface area contributed by atoms with Crippen LogP contribution in [0.25, 0.3) is 0 Å². The molecule has 224 valence electrons. The number of sulfonamides is 2. The van der Waals surface area contributed by atoms with E-state index in [9.17, 15) is 35.1 Å². The summed E-state index contributed by atoms with van der Waals surface area (Å²) in [6.45, 7) is 1.65. The summed E-state index contributed by atoms with van der Waals surface area (Å²) in [7, 11) is -6.74. The molecule has 16 heteroatoms. The van der Waals surface area contributed by atoms with E-state index in [1.807, 2.05) is 0 Å². The van der Waals surface area contributed by atoms with Gasteiger partial charge in [-0.25, -0.2) is 21.6 Å². The van der Waals surface area contributed by atoms with Crippen molar-refractivity contribution in [2.24, 2.45) is 0 Å². The SMILES string of the molecule is CNS(=O)(=O)c1cccc(OCC(O)CNC2COC3(CCN(S(=O)(=O)c4cc(C)oc4C(F)(F)F)CC3)C2)c1. The Kier molecular flexibility index (Phi) is 8.90. The van der Waals surface area contributed by atoms with Gasteiger partial charge in [0.1, 0.15) is 29.1 Å². The molecule has 0 saturated carbocycles. The van der Waals surface area contributed by atoms with Crippen LogP contribution in [0.4, 0.5) is 13.2 Å². The maximum absolute atomic E-state index is 13.3. The molecule has 0 amide bonds. The van der Waals surface area contributed by atoms with Gasteiger partial charge >= 0.3 is 6.18 Å². The molecular weight excluding hydrogens is 579 g/mol. The van der Waals surface area contributed by atoms with Crippen LogP contribution in [0.2, 0.25) is 0 Å². The minimum absolute atomic E-state index is 0.00459. The molecule has 2 aromatic rings. The zero-order chi connectivity index (χ0) is 29.3. The Morgan fingerprint density at radius 1 is 1.20 bits per heavy atom. The first-order valence-electron chi connectivity index (χ1n) is 12.5. The van der Waals surface area contributed by atoms with Crippen LogP contribution >= 0.6 is 0 Å². The highest BCUT2D eigenvalue weighted by atomic mass is 32.2. The summed E-state index contributed by atoms with van der Waals surface area (Å²) in [5.74, 6) is -1.38. The molecule has 2 aliphatic heterocycles. The van der Waals surface area contributed by atoms with E-state index < -0.39 is 48.6 Å². The fourth-order valence-corrected chi connectivity index (χ4v) is 7.29. The number of furan rings is 1. The third kappa shape index (κ3) is 6.80. The van der Waals surface area contributed by atoms with E-state index in [0.29, 0.717) is 25.9 Å². The largest absolute Gasteiger partial charge is 0.491 e. The van der Waals surface area contributed by atoms with Crippen LogP contribution in [-0.2, 0) is 31.0 Å². The van der Waals surface area contributed by atoms with Crippen molar-refractivity contribution in [1.82, 2.24) is 14.3 Å². The van der Waals surface area contributed by atoms with Crippen LogP contribution in [0, 0.1) is 6.92 Å². The molecule has 0 radical (unpaired) electrons. The minimum atomic E-state index is -4.94. The van der Waals surface area contributed by atoms with Gasteiger partial charge in [-0.1, -0.05) is 6.07 Å². The second-order valence-electron chi connectivity index (χ2n) is 9.90. The molecule has 2 atom stereocenters. The number of aryl methyl sites for hydroxylation is 1. The van der Waals surface area contributed by atoms with Gasteiger partial charge in [0, 0.05) is 37.8 Å². The number of rotatable bonds is 10. The highest BCUT2D eigenvalue weighted by molar-refractivity contribution is 7.89. The molecule has 2 saturated heterocycles. The maximum atomic E-state index is 13.3. The van der Waals surface area contributed by atoms with Crippen molar-refractivity contribution in [2.45, 2.75) is 59.9 Å². The first-order valence-corrected chi connectivity index (χ1v) is 15.5. The van der Waals surface area contributed by atoms with Crippen molar-refractivity contribution in [2.75, 3.05) is 39.9 Å². The lowest BCUT2D eigenvalue weighted by Gasteiger charge is -2.38. The highest BCUT2D eigenvalue weighted by Gasteiger charge is 2.47. The number of hydrogen-bond donors (Lipinski definition) is 3. The van der Waals surface area contributed by atoms with Crippen LogP contribution in [-0.4, -0.2) is 83.9 Å². The molecule has 3 heterocycles. The van der Waals surface area contributed by atoms with Crippen LogP contribution in [0.15, 0.2) is 44.5 Å². The molecule has 2 unspecified atom stereocenters. The first kappa shape index (κ1) is 30.7. The summed E-state index contributed by atoms with van der Waals surface area (Å²) in [5.41, 5.74) is -0.621. The Morgan fingerprint density at radius 3 is 2.55 bits per heavy atom. The van der Waals surface area contributed by atoms with E-state index in [-0.39, 0.29) is 48.7 Å². The van der Waals surface area contributed by atoms with E-state index in [0.717, 1.165) is 10.4 Å². The molecule has 3 N–H and O–H groups in total. The molecule has 4 rings (SSSR count). The number of nitrogens with zero attached hydrogens (tertiary/aromatic N) is 1. The topological polar surface area (TPSA) is 147 Å². The number of hydrogen-bond acceptors (Lipinski definition) is 9.